The molecule has 1 aromatic heterocycles. The number of fused-ring (bicyclic) bond motifs is 1. The van der Waals surface area contributed by atoms with Gasteiger partial charge in [-0.15, -0.1) is 11.3 Å². The molecule has 1 aliphatic heterocycles. The number of benzene rings is 2. The van der Waals surface area contributed by atoms with Gasteiger partial charge in [0.25, 0.3) is 0 Å². The van der Waals surface area contributed by atoms with Crippen molar-refractivity contribution in [2.75, 3.05) is 34.4 Å². The minimum Gasteiger partial charge on any atom is -0.493 e. The van der Waals surface area contributed by atoms with Crippen molar-refractivity contribution in [2.24, 2.45) is 0 Å². The molecule has 0 saturated carbocycles. The van der Waals surface area contributed by atoms with Gasteiger partial charge in [0, 0.05) is 29.2 Å². The van der Waals surface area contributed by atoms with Crippen LogP contribution >= 0.6 is 11.3 Å². The molecule has 2 aromatic carbocycles. The SMILES string of the molecule is COc1cc2cc(C(=O)CC3=CC[N+](C)(Cc4ccccc4)CC3)sc2cc1OC. The van der Waals surface area contributed by atoms with E-state index >= 15 is 0 Å². The fourth-order valence-electron chi connectivity index (χ4n) is 4.08. The van der Waals surface area contributed by atoms with Crippen molar-refractivity contribution in [3.8, 4) is 11.5 Å². The number of likely N-dealkylation sites (N-methyl/N-ethyl adjacent to an activating group) is 1. The molecule has 156 valence electrons. The fourth-order valence-corrected chi connectivity index (χ4v) is 5.09. The van der Waals surface area contributed by atoms with Crippen LogP contribution in [0.2, 0.25) is 0 Å². The number of Topliss-reactive ketones (excluding diaryl/α,β-unsaturated/α-hetero) is 1. The second-order valence-corrected chi connectivity index (χ2v) is 9.32. The lowest BCUT2D eigenvalue weighted by Gasteiger charge is -2.37. The first-order chi connectivity index (χ1) is 14.5. The zero-order valence-electron chi connectivity index (χ0n) is 17.8. The van der Waals surface area contributed by atoms with E-state index in [-0.39, 0.29) is 5.78 Å². The smallest absolute Gasteiger partial charge is 0.176 e. The van der Waals surface area contributed by atoms with Crippen LogP contribution in [0, 0.1) is 0 Å². The molecule has 0 bridgehead atoms. The van der Waals surface area contributed by atoms with Gasteiger partial charge in [-0.25, -0.2) is 0 Å². The van der Waals surface area contributed by atoms with Gasteiger partial charge in [0.1, 0.15) is 6.54 Å². The summed E-state index contributed by atoms with van der Waals surface area (Å²) in [5, 5.41) is 1.02. The first kappa shape index (κ1) is 20.6. The van der Waals surface area contributed by atoms with Gasteiger partial charge in [0.05, 0.1) is 39.2 Å². The topological polar surface area (TPSA) is 35.5 Å². The number of hydrogen-bond acceptors (Lipinski definition) is 4. The Morgan fingerprint density at radius 3 is 2.47 bits per heavy atom. The molecule has 2 heterocycles. The molecule has 0 radical (unpaired) electrons. The van der Waals surface area contributed by atoms with E-state index in [1.54, 1.807) is 14.2 Å². The third-order valence-corrected chi connectivity index (χ3v) is 7.02. The summed E-state index contributed by atoms with van der Waals surface area (Å²) in [4.78, 5) is 13.7. The number of thiophene rings is 1. The Balaban J connectivity index is 1.44. The quantitative estimate of drug-likeness (QED) is 0.288. The number of nitrogens with zero attached hydrogens (tertiary/aromatic N) is 1. The van der Waals surface area contributed by atoms with E-state index in [1.807, 2.05) is 18.2 Å². The average Bonchev–Trinajstić information content (AvgIpc) is 3.18. The Morgan fingerprint density at radius 2 is 1.80 bits per heavy atom. The highest BCUT2D eigenvalue weighted by atomic mass is 32.1. The van der Waals surface area contributed by atoms with E-state index in [9.17, 15) is 4.79 Å². The van der Waals surface area contributed by atoms with Crippen molar-refractivity contribution < 1.29 is 18.8 Å². The van der Waals surface area contributed by atoms with Gasteiger partial charge in [-0.3, -0.25) is 4.79 Å². The maximum Gasteiger partial charge on any atom is 0.176 e. The Kier molecular flexibility index (Phi) is 5.93. The van der Waals surface area contributed by atoms with Crippen LogP contribution in [0.1, 0.15) is 28.1 Å². The minimum atomic E-state index is 0.194. The molecule has 4 rings (SSSR count). The van der Waals surface area contributed by atoms with Crippen molar-refractivity contribution in [2.45, 2.75) is 19.4 Å². The van der Waals surface area contributed by atoms with Gasteiger partial charge in [-0.05, 0) is 23.6 Å². The summed E-state index contributed by atoms with van der Waals surface area (Å²) >= 11 is 1.53. The van der Waals surface area contributed by atoms with Crippen molar-refractivity contribution in [3.05, 3.63) is 70.6 Å². The number of rotatable bonds is 7. The summed E-state index contributed by atoms with van der Waals surface area (Å²) in [5.41, 5.74) is 2.63. The molecule has 1 atom stereocenters. The molecule has 3 aromatic rings. The number of carbonyl (C=O) groups is 1. The summed E-state index contributed by atoms with van der Waals surface area (Å²) < 4.78 is 12.8. The number of ketones is 1. The molecule has 4 nitrogen and oxygen atoms in total. The summed E-state index contributed by atoms with van der Waals surface area (Å²) in [6.07, 6.45) is 3.76. The van der Waals surface area contributed by atoms with Crippen molar-refractivity contribution in [1.82, 2.24) is 0 Å². The number of carbonyl (C=O) groups excluding carboxylic acids is 1. The van der Waals surface area contributed by atoms with E-state index in [0.29, 0.717) is 17.9 Å². The molecular formula is C25H28NO3S+. The van der Waals surface area contributed by atoms with E-state index in [2.05, 4.69) is 43.5 Å². The van der Waals surface area contributed by atoms with Crippen LogP contribution in [0.15, 0.2) is 60.2 Å². The summed E-state index contributed by atoms with van der Waals surface area (Å²) in [7, 11) is 5.56. The Morgan fingerprint density at radius 1 is 1.07 bits per heavy atom. The van der Waals surface area contributed by atoms with E-state index in [4.69, 9.17) is 9.47 Å². The number of quaternary nitrogens is 1. The Labute approximate surface area is 181 Å². The predicted octanol–water partition coefficient (Wildman–Crippen LogP) is 5.47. The molecule has 0 saturated heterocycles. The van der Waals surface area contributed by atoms with Gasteiger partial charge < -0.3 is 14.0 Å². The zero-order valence-corrected chi connectivity index (χ0v) is 18.6. The molecule has 0 spiro atoms. The monoisotopic (exact) mass is 422 g/mol. The summed E-state index contributed by atoms with van der Waals surface area (Å²) in [5.74, 6) is 1.57. The minimum absolute atomic E-state index is 0.194. The predicted molar refractivity (Wildman–Crippen MR) is 123 cm³/mol. The first-order valence-electron chi connectivity index (χ1n) is 10.2. The molecule has 5 heteroatoms. The van der Waals surface area contributed by atoms with Crippen LogP contribution < -0.4 is 9.47 Å². The van der Waals surface area contributed by atoms with Gasteiger partial charge in [0.15, 0.2) is 17.3 Å². The largest absolute Gasteiger partial charge is 0.493 e. The average molecular weight is 423 g/mol. The van der Waals surface area contributed by atoms with Crippen LogP contribution in [0.5, 0.6) is 11.5 Å². The Bertz CT molecular complexity index is 1050. The van der Waals surface area contributed by atoms with E-state index in [1.165, 1.54) is 22.5 Å². The van der Waals surface area contributed by atoms with Crippen LogP contribution in [0.4, 0.5) is 0 Å². The second kappa shape index (κ2) is 8.62. The highest BCUT2D eigenvalue weighted by Gasteiger charge is 2.26. The lowest BCUT2D eigenvalue weighted by atomic mass is 9.99. The number of ether oxygens (including phenoxy) is 2. The van der Waals surface area contributed by atoms with Crippen molar-refractivity contribution in [3.63, 3.8) is 0 Å². The number of methoxy groups -OCH3 is 2. The third-order valence-electron chi connectivity index (χ3n) is 5.89. The maximum absolute atomic E-state index is 12.9. The normalized spacial score (nSPS) is 18.8. The lowest BCUT2D eigenvalue weighted by molar-refractivity contribution is -0.918. The molecule has 1 unspecified atom stereocenters. The van der Waals surface area contributed by atoms with E-state index in [0.717, 1.165) is 45.5 Å². The molecule has 0 N–H and O–H groups in total. The van der Waals surface area contributed by atoms with Crippen molar-refractivity contribution in [1.29, 1.82) is 0 Å². The maximum atomic E-state index is 12.9. The summed E-state index contributed by atoms with van der Waals surface area (Å²) in [6, 6.07) is 16.5. The molecule has 1 aliphatic rings. The number of hydrogen-bond donors (Lipinski definition) is 0. The van der Waals surface area contributed by atoms with Gasteiger partial charge in [-0.1, -0.05) is 35.9 Å². The summed E-state index contributed by atoms with van der Waals surface area (Å²) in [6.45, 7) is 3.06. The van der Waals surface area contributed by atoms with Gasteiger partial charge >= 0.3 is 0 Å². The zero-order chi connectivity index (χ0) is 21.1. The fraction of sp³-hybridized carbons (Fsp3) is 0.320. The highest BCUT2D eigenvalue weighted by Crippen LogP contribution is 2.37. The third kappa shape index (κ3) is 4.42. The van der Waals surface area contributed by atoms with E-state index < -0.39 is 0 Å². The van der Waals surface area contributed by atoms with Crippen LogP contribution in [0.25, 0.3) is 10.1 Å². The van der Waals surface area contributed by atoms with Crippen LogP contribution in [0.3, 0.4) is 0 Å². The van der Waals surface area contributed by atoms with Gasteiger partial charge in [0.2, 0.25) is 0 Å². The highest BCUT2D eigenvalue weighted by molar-refractivity contribution is 7.20. The molecular weight excluding hydrogens is 394 g/mol. The van der Waals surface area contributed by atoms with Crippen LogP contribution in [-0.2, 0) is 6.54 Å². The molecule has 30 heavy (non-hydrogen) atoms. The van der Waals surface area contributed by atoms with Gasteiger partial charge in [-0.2, -0.15) is 0 Å². The standard InChI is InChI=1S/C25H28NO3S/c1-26(17-19-7-5-4-6-8-19)11-9-18(10-12-26)13-21(27)25-15-20-14-22(28-2)23(29-3)16-24(20)30-25/h4-9,14-16H,10-13,17H2,1-3H3/q+1. The van der Waals surface area contributed by atoms with Crippen molar-refractivity contribution >= 4 is 27.2 Å². The molecule has 0 aliphatic carbocycles. The first-order valence-corrected chi connectivity index (χ1v) is 11.1. The second-order valence-electron chi connectivity index (χ2n) is 8.24. The molecule has 0 fully saturated rings. The molecule has 0 amide bonds. The van der Waals surface area contributed by atoms with Crippen LogP contribution in [-0.4, -0.2) is 44.6 Å². The lowest BCUT2D eigenvalue weighted by Crippen LogP contribution is -2.46. The Hall–Kier alpha value is -2.63.